The van der Waals surface area contributed by atoms with Crippen molar-refractivity contribution in [1.29, 1.82) is 0 Å². The zero-order valence-corrected chi connectivity index (χ0v) is 22.9. The summed E-state index contributed by atoms with van der Waals surface area (Å²) >= 11 is 7.28. The average Bonchev–Trinajstić information content (AvgIpc) is 3.53. The number of furan rings is 1. The maximum atomic E-state index is 13.7. The van der Waals surface area contributed by atoms with Crippen molar-refractivity contribution in [1.82, 2.24) is 4.57 Å². The predicted molar refractivity (Wildman–Crippen MR) is 149 cm³/mol. The highest BCUT2D eigenvalue weighted by Gasteiger charge is 2.33. The highest BCUT2D eigenvalue weighted by atomic mass is 35.5. The summed E-state index contributed by atoms with van der Waals surface area (Å²) in [6.07, 6.45) is 1.60. The standard InChI is InChI=1S/C28H22ClN3O7S/c1-16-24(27(34)38-14-13-37-2)25(18-3-7-19(29)8-4-18)31-26(33)23(40-28(31)30-16)15-21-11-12-22(39-21)17-5-9-20(10-6-17)32(35)36/h3-12,15,25H,13-14H2,1-2H3. The van der Waals surface area contributed by atoms with Crippen LogP contribution in [0.1, 0.15) is 24.3 Å². The van der Waals surface area contributed by atoms with Gasteiger partial charge in [0.1, 0.15) is 18.1 Å². The molecule has 0 aliphatic carbocycles. The molecule has 1 unspecified atom stereocenters. The molecular formula is C28H22ClN3O7S. The zero-order valence-electron chi connectivity index (χ0n) is 21.3. The summed E-state index contributed by atoms with van der Waals surface area (Å²) in [5.41, 5.74) is 1.63. The fourth-order valence-electron chi connectivity index (χ4n) is 4.30. The first-order chi connectivity index (χ1) is 19.3. The molecule has 0 N–H and O–H groups in total. The number of hydrogen-bond donors (Lipinski definition) is 0. The van der Waals surface area contributed by atoms with Crippen LogP contribution in [-0.4, -0.2) is 35.8 Å². The van der Waals surface area contributed by atoms with E-state index in [0.29, 0.717) is 42.7 Å². The second-order valence-electron chi connectivity index (χ2n) is 8.77. The van der Waals surface area contributed by atoms with Crippen molar-refractivity contribution in [2.24, 2.45) is 4.99 Å². The lowest BCUT2D eigenvalue weighted by molar-refractivity contribution is -0.384. The van der Waals surface area contributed by atoms with Crippen molar-refractivity contribution in [3.05, 3.63) is 118 Å². The molecule has 0 bridgehead atoms. The van der Waals surface area contributed by atoms with Crippen molar-refractivity contribution in [3.8, 4) is 11.3 Å². The highest BCUT2D eigenvalue weighted by Crippen LogP contribution is 2.31. The Bertz CT molecular complexity index is 1800. The topological polar surface area (TPSA) is 126 Å². The molecule has 12 heteroatoms. The van der Waals surface area contributed by atoms with Gasteiger partial charge in [0.25, 0.3) is 11.2 Å². The number of nitrogens with zero attached hydrogens (tertiary/aromatic N) is 3. The molecule has 0 saturated heterocycles. The molecule has 0 amide bonds. The summed E-state index contributed by atoms with van der Waals surface area (Å²) in [6.45, 7) is 1.99. The van der Waals surface area contributed by atoms with E-state index < -0.39 is 16.9 Å². The van der Waals surface area contributed by atoms with Gasteiger partial charge in [0.15, 0.2) is 4.80 Å². The monoisotopic (exact) mass is 579 g/mol. The van der Waals surface area contributed by atoms with E-state index in [4.69, 9.17) is 25.5 Å². The number of esters is 1. The Labute approximate surface area is 236 Å². The number of allylic oxidation sites excluding steroid dienone is 1. The summed E-state index contributed by atoms with van der Waals surface area (Å²) in [6, 6.07) is 15.5. The number of methoxy groups -OCH3 is 1. The lowest BCUT2D eigenvalue weighted by Crippen LogP contribution is -2.40. The van der Waals surface area contributed by atoms with Crippen molar-refractivity contribution in [2.45, 2.75) is 13.0 Å². The van der Waals surface area contributed by atoms with E-state index in [9.17, 15) is 19.7 Å². The molecule has 0 fully saturated rings. The number of carbonyl (C=O) groups is 1. The first-order valence-electron chi connectivity index (χ1n) is 12.1. The molecule has 0 saturated carbocycles. The number of rotatable bonds is 8. The maximum Gasteiger partial charge on any atom is 0.338 e. The third-order valence-corrected chi connectivity index (χ3v) is 7.45. The number of aromatic nitrogens is 1. The maximum absolute atomic E-state index is 13.7. The molecule has 2 aromatic carbocycles. The number of nitro benzene ring substituents is 1. The van der Waals surface area contributed by atoms with E-state index in [1.54, 1.807) is 61.5 Å². The van der Waals surface area contributed by atoms with Gasteiger partial charge in [0.05, 0.1) is 33.4 Å². The van der Waals surface area contributed by atoms with E-state index >= 15 is 0 Å². The minimum absolute atomic E-state index is 0.0240. The third-order valence-electron chi connectivity index (χ3n) is 6.21. The number of benzene rings is 2. The van der Waals surface area contributed by atoms with E-state index in [1.165, 1.54) is 35.1 Å². The minimum atomic E-state index is -0.780. The molecule has 4 aromatic rings. The summed E-state index contributed by atoms with van der Waals surface area (Å²) in [4.78, 5) is 42.3. The van der Waals surface area contributed by atoms with Crippen LogP contribution < -0.4 is 14.9 Å². The molecule has 10 nitrogen and oxygen atoms in total. The summed E-state index contributed by atoms with van der Waals surface area (Å²) in [5.74, 6) is 0.313. The van der Waals surface area contributed by atoms with Gasteiger partial charge >= 0.3 is 5.97 Å². The van der Waals surface area contributed by atoms with Gasteiger partial charge in [-0.05, 0) is 48.9 Å². The Morgan fingerprint density at radius 1 is 1.15 bits per heavy atom. The molecule has 1 aliphatic heterocycles. The Morgan fingerprint density at radius 2 is 1.88 bits per heavy atom. The van der Waals surface area contributed by atoms with E-state index in [-0.39, 0.29) is 30.0 Å². The number of carbonyl (C=O) groups excluding carboxylic acids is 1. The van der Waals surface area contributed by atoms with Gasteiger partial charge in [0.2, 0.25) is 0 Å². The molecule has 40 heavy (non-hydrogen) atoms. The van der Waals surface area contributed by atoms with Crippen molar-refractivity contribution >= 4 is 40.7 Å². The molecular weight excluding hydrogens is 558 g/mol. The van der Waals surface area contributed by atoms with Crippen LogP contribution in [0.4, 0.5) is 5.69 Å². The molecule has 204 valence electrons. The fourth-order valence-corrected chi connectivity index (χ4v) is 5.45. The van der Waals surface area contributed by atoms with Gasteiger partial charge in [-0.15, -0.1) is 0 Å². The van der Waals surface area contributed by atoms with Crippen molar-refractivity contribution in [3.63, 3.8) is 0 Å². The fraction of sp³-hybridized carbons (Fsp3) is 0.179. The normalized spacial score (nSPS) is 15.1. The van der Waals surface area contributed by atoms with Crippen LogP contribution in [0.3, 0.4) is 0 Å². The van der Waals surface area contributed by atoms with E-state index in [0.717, 1.165) is 0 Å². The van der Waals surface area contributed by atoms with E-state index in [1.807, 2.05) is 0 Å². The second-order valence-corrected chi connectivity index (χ2v) is 10.2. The Kier molecular flexibility index (Phi) is 7.78. The summed E-state index contributed by atoms with van der Waals surface area (Å²) in [5, 5.41) is 11.5. The molecule has 2 aromatic heterocycles. The van der Waals surface area contributed by atoms with Crippen LogP contribution in [0.2, 0.25) is 5.02 Å². The molecule has 3 heterocycles. The van der Waals surface area contributed by atoms with Gasteiger partial charge in [-0.2, -0.15) is 0 Å². The van der Waals surface area contributed by atoms with Crippen LogP contribution in [0.15, 0.2) is 86.1 Å². The second kappa shape index (κ2) is 11.4. The van der Waals surface area contributed by atoms with Gasteiger partial charge in [-0.3, -0.25) is 19.5 Å². The smallest absolute Gasteiger partial charge is 0.338 e. The Hall–Kier alpha value is -4.32. The van der Waals surface area contributed by atoms with Crippen LogP contribution in [-0.2, 0) is 14.3 Å². The highest BCUT2D eigenvalue weighted by molar-refractivity contribution is 7.07. The molecule has 1 atom stereocenters. The van der Waals surface area contributed by atoms with Gasteiger partial charge in [-0.1, -0.05) is 35.1 Å². The Morgan fingerprint density at radius 3 is 2.55 bits per heavy atom. The average molecular weight is 580 g/mol. The van der Waals surface area contributed by atoms with Gasteiger partial charge < -0.3 is 13.9 Å². The number of halogens is 1. The van der Waals surface area contributed by atoms with Crippen LogP contribution in [0.25, 0.3) is 17.4 Å². The van der Waals surface area contributed by atoms with Gasteiger partial charge in [0, 0.05) is 35.9 Å². The zero-order chi connectivity index (χ0) is 28.4. The third kappa shape index (κ3) is 5.39. The number of ether oxygens (including phenoxy) is 2. The lowest BCUT2D eigenvalue weighted by atomic mass is 9.96. The quantitative estimate of drug-likeness (QED) is 0.132. The molecule has 5 rings (SSSR count). The number of hydrogen-bond acceptors (Lipinski definition) is 9. The summed E-state index contributed by atoms with van der Waals surface area (Å²) in [7, 11) is 1.51. The predicted octanol–water partition coefficient (Wildman–Crippen LogP) is 4.25. The number of thiazole rings is 1. The lowest BCUT2D eigenvalue weighted by Gasteiger charge is -2.24. The number of nitro groups is 1. The number of fused-ring (bicyclic) bond motifs is 1. The van der Waals surface area contributed by atoms with Crippen LogP contribution >= 0.6 is 22.9 Å². The minimum Gasteiger partial charge on any atom is -0.460 e. The molecule has 1 aliphatic rings. The summed E-state index contributed by atoms with van der Waals surface area (Å²) < 4.78 is 18.1. The first-order valence-corrected chi connectivity index (χ1v) is 13.2. The van der Waals surface area contributed by atoms with Crippen molar-refractivity contribution in [2.75, 3.05) is 20.3 Å². The SMILES string of the molecule is COCCOC(=O)C1=C(C)N=c2sc(=Cc3ccc(-c4ccc([N+](=O)[O-])cc4)o3)c(=O)n2C1c1ccc(Cl)cc1. The largest absolute Gasteiger partial charge is 0.460 e. The Balaban J connectivity index is 1.56. The number of non-ortho nitro benzene ring substituents is 1. The van der Waals surface area contributed by atoms with Crippen molar-refractivity contribution < 1.29 is 23.6 Å². The van der Waals surface area contributed by atoms with Crippen LogP contribution in [0.5, 0.6) is 0 Å². The van der Waals surface area contributed by atoms with E-state index in [2.05, 4.69) is 4.99 Å². The van der Waals surface area contributed by atoms with Crippen LogP contribution in [0, 0.1) is 10.1 Å². The molecule has 0 radical (unpaired) electrons. The van der Waals surface area contributed by atoms with Gasteiger partial charge in [-0.25, -0.2) is 9.79 Å². The first kappa shape index (κ1) is 27.3. The molecule has 0 spiro atoms.